The van der Waals surface area contributed by atoms with Gasteiger partial charge in [0.05, 0.1) is 16.7 Å². The van der Waals surface area contributed by atoms with E-state index < -0.39 is 5.25 Å². The van der Waals surface area contributed by atoms with Crippen molar-refractivity contribution in [3.63, 3.8) is 0 Å². The summed E-state index contributed by atoms with van der Waals surface area (Å²) in [4.78, 5) is 39.0. The van der Waals surface area contributed by atoms with Crippen molar-refractivity contribution in [1.82, 2.24) is 0 Å². The highest BCUT2D eigenvalue weighted by molar-refractivity contribution is 8.01. The second-order valence-corrected chi connectivity index (χ2v) is 8.54. The maximum Gasteiger partial charge on any atom is 0.247 e. The van der Waals surface area contributed by atoms with Crippen LogP contribution in [0.5, 0.6) is 0 Å². The molecule has 3 rings (SSSR count). The van der Waals surface area contributed by atoms with E-state index in [1.54, 1.807) is 6.07 Å². The van der Waals surface area contributed by atoms with Crippen LogP contribution in [0.2, 0.25) is 0 Å². The zero-order valence-electron chi connectivity index (χ0n) is 17.2. The zero-order valence-corrected chi connectivity index (χ0v) is 18.1. The number of rotatable bonds is 6. The van der Waals surface area contributed by atoms with Crippen LogP contribution >= 0.6 is 11.8 Å². The van der Waals surface area contributed by atoms with Gasteiger partial charge in [-0.2, -0.15) is 0 Å². The largest absolute Gasteiger partial charge is 0.325 e. The molecule has 0 saturated carbocycles. The van der Waals surface area contributed by atoms with E-state index >= 15 is 0 Å². The lowest BCUT2D eigenvalue weighted by atomic mass is 10.1. The van der Waals surface area contributed by atoms with Crippen LogP contribution in [0.1, 0.15) is 35.6 Å². The zero-order chi connectivity index (χ0) is 21.1. The van der Waals surface area contributed by atoms with E-state index in [1.165, 1.54) is 16.7 Å². The monoisotopic (exact) mass is 410 g/mol. The molecule has 2 aromatic carbocycles. The van der Waals surface area contributed by atoms with E-state index in [0.29, 0.717) is 5.69 Å². The van der Waals surface area contributed by atoms with Gasteiger partial charge < -0.3 is 5.32 Å². The lowest BCUT2D eigenvalue weighted by Gasteiger charge is -2.16. The fourth-order valence-electron chi connectivity index (χ4n) is 3.42. The molecule has 0 bridgehead atoms. The minimum atomic E-state index is -0.530. The van der Waals surface area contributed by atoms with E-state index in [4.69, 9.17) is 0 Å². The Balaban J connectivity index is 1.64. The lowest BCUT2D eigenvalue weighted by molar-refractivity contribution is -0.121. The molecule has 1 aliphatic heterocycles. The molecule has 2 aromatic rings. The highest BCUT2D eigenvalue weighted by atomic mass is 32.2. The van der Waals surface area contributed by atoms with Crippen LogP contribution in [-0.2, 0) is 20.8 Å². The van der Waals surface area contributed by atoms with Crippen molar-refractivity contribution in [1.29, 1.82) is 0 Å². The molecule has 0 radical (unpaired) electrons. The number of para-hydroxylation sites is 1. The molecule has 5 nitrogen and oxygen atoms in total. The van der Waals surface area contributed by atoms with Gasteiger partial charge in [0.2, 0.25) is 17.7 Å². The number of nitrogens with one attached hydrogen (secondary N) is 1. The Labute approximate surface area is 175 Å². The third-order valence-corrected chi connectivity index (χ3v) is 6.47. The number of carbonyl (C=O) groups excluding carboxylic acids is 3. The Morgan fingerprint density at radius 2 is 1.86 bits per heavy atom. The Morgan fingerprint density at radius 1 is 1.10 bits per heavy atom. The first-order chi connectivity index (χ1) is 13.8. The van der Waals surface area contributed by atoms with Gasteiger partial charge in [-0.3, -0.25) is 14.4 Å². The number of thioether (sulfide) groups is 1. The van der Waals surface area contributed by atoms with Gasteiger partial charge in [0.25, 0.3) is 0 Å². The van der Waals surface area contributed by atoms with Gasteiger partial charge in [0.15, 0.2) is 0 Å². The molecule has 0 spiro atoms. The number of carbonyl (C=O) groups is 3. The first-order valence-corrected chi connectivity index (χ1v) is 10.8. The second kappa shape index (κ2) is 8.82. The van der Waals surface area contributed by atoms with E-state index in [2.05, 4.69) is 5.32 Å². The standard InChI is InChI=1S/C23H26N2O3S/c1-5-17-8-6-7-15(3)22(17)24-20(26)13-29-19-12-21(27)25(23(19)28)18-10-9-14(2)16(4)11-18/h6-11,19H,5,12-13H2,1-4H3,(H,24,26)/t19-/m0/s1. The molecule has 29 heavy (non-hydrogen) atoms. The van der Waals surface area contributed by atoms with Gasteiger partial charge >= 0.3 is 0 Å². The predicted molar refractivity (Wildman–Crippen MR) is 118 cm³/mol. The van der Waals surface area contributed by atoms with Crippen LogP contribution < -0.4 is 10.2 Å². The van der Waals surface area contributed by atoms with Crippen LogP contribution in [0.4, 0.5) is 11.4 Å². The molecule has 1 fully saturated rings. The molecule has 0 aliphatic carbocycles. The van der Waals surface area contributed by atoms with E-state index in [-0.39, 0.29) is 29.9 Å². The lowest BCUT2D eigenvalue weighted by Crippen LogP contribution is -2.31. The first-order valence-electron chi connectivity index (χ1n) is 9.75. The highest BCUT2D eigenvalue weighted by Gasteiger charge is 2.40. The third-order valence-electron chi connectivity index (χ3n) is 5.27. The van der Waals surface area contributed by atoms with Gasteiger partial charge in [-0.05, 0) is 61.6 Å². The van der Waals surface area contributed by atoms with Gasteiger partial charge in [-0.15, -0.1) is 11.8 Å². The summed E-state index contributed by atoms with van der Waals surface area (Å²) in [5.74, 6) is -0.504. The molecule has 1 saturated heterocycles. The molecular weight excluding hydrogens is 384 g/mol. The average molecular weight is 411 g/mol. The minimum absolute atomic E-state index is 0.119. The number of anilines is 2. The SMILES string of the molecule is CCc1cccc(C)c1NC(=O)CS[C@H]1CC(=O)N(c2ccc(C)c(C)c2)C1=O. The summed E-state index contributed by atoms with van der Waals surface area (Å²) in [6.07, 6.45) is 0.944. The molecule has 6 heteroatoms. The van der Waals surface area contributed by atoms with E-state index in [0.717, 1.165) is 34.4 Å². The van der Waals surface area contributed by atoms with Crippen molar-refractivity contribution in [2.24, 2.45) is 0 Å². The molecule has 1 N–H and O–H groups in total. The summed E-state index contributed by atoms with van der Waals surface area (Å²) in [6.45, 7) is 7.95. The predicted octanol–water partition coefficient (Wildman–Crippen LogP) is 4.18. The summed E-state index contributed by atoms with van der Waals surface area (Å²) in [5, 5.41) is 2.44. The number of aryl methyl sites for hydroxylation is 4. The smallest absolute Gasteiger partial charge is 0.247 e. The first kappa shape index (κ1) is 21.1. The van der Waals surface area contributed by atoms with Crippen molar-refractivity contribution in [2.75, 3.05) is 16.0 Å². The molecule has 1 atom stereocenters. The summed E-state index contributed by atoms with van der Waals surface area (Å²) in [7, 11) is 0. The van der Waals surface area contributed by atoms with Crippen molar-refractivity contribution < 1.29 is 14.4 Å². The number of imide groups is 1. The summed E-state index contributed by atoms with van der Waals surface area (Å²) >= 11 is 1.22. The molecule has 152 valence electrons. The normalized spacial score (nSPS) is 16.4. The fourth-order valence-corrected chi connectivity index (χ4v) is 4.36. The van der Waals surface area contributed by atoms with Crippen molar-refractivity contribution in [2.45, 2.75) is 45.8 Å². The molecule has 1 heterocycles. The summed E-state index contributed by atoms with van der Waals surface area (Å²) in [6, 6.07) is 11.5. The minimum Gasteiger partial charge on any atom is -0.325 e. The summed E-state index contributed by atoms with van der Waals surface area (Å²) in [5.41, 5.74) is 5.67. The van der Waals surface area contributed by atoms with Crippen molar-refractivity contribution >= 4 is 40.9 Å². The quantitative estimate of drug-likeness (QED) is 0.726. The van der Waals surface area contributed by atoms with Crippen LogP contribution in [0.25, 0.3) is 0 Å². The Bertz CT molecular complexity index is 971. The fraction of sp³-hybridized carbons (Fsp3) is 0.348. The van der Waals surface area contributed by atoms with Crippen LogP contribution in [-0.4, -0.2) is 28.7 Å². The second-order valence-electron chi connectivity index (χ2n) is 7.35. The molecule has 1 aliphatic rings. The van der Waals surface area contributed by atoms with Crippen LogP contribution in [0.15, 0.2) is 36.4 Å². The average Bonchev–Trinajstić information content (AvgIpc) is 2.97. The van der Waals surface area contributed by atoms with E-state index in [1.807, 2.05) is 58.0 Å². The van der Waals surface area contributed by atoms with Crippen molar-refractivity contribution in [3.8, 4) is 0 Å². The molecular formula is C23H26N2O3S. The Hall–Kier alpha value is -2.60. The number of hydrogen-bond acceptors (Lipinski definition) is 4. The Kier molecular flexibility index (Phi) is 6.42. The van der Waals surface area contributed by atoms with Crippen LogP contribution in [0, 0.1) is 20.8 Å². The third kappa shape index (κ3) is 4.53. The topological polar surface area (TPSA) is 66.5 Å². The van der Waals surface area contributed by atoms with E-state index in [9.17, 15) is 14.4 Å². The van der Waals surface area contributed by atoms with Gasteiger partial charge in [-0.1, -0.05) is 31.2 Å². The van der Waals surface area contributed by atoms with Gasteiger partial charge in [-0.25, -0.2) is 4.90 Å². The molecule has 3 amide bonds. The molecule has 0 aromatic heterocycles. The maximum absolute atomic E-state index is 12.8. The number of amides is 3. The van der Waals surface area contributed by atoms with Gasteiger partial charge in [0.1, 0.15) is 0 Å². The van der Waals surface area contributed by atoms with Gasteiger partial charge in [0, 0.05) is 12.1 Å². The van der Waals surface area contributed by atoms with Crippen LogP contribution in [0.3, 0.4) is 0 Å². The number of nitrogens with zero attached hydrogens (tertiary/aromatic N) is 1. The maximum atomic E-state index is 12.8. The highest BCUT2D eigenvalue weighted by Crippen LogP contribution is 2.31. The summed E-state index contributed by atoms with van der Waals surface area (Å²) < 4.78 is 0. The Morgan fingerprint density at radius 3 is 2.55 bits per heavy atom. The number of benzene rings is 2. The number of hydrogen-bond donors (Lipinski definition) is 1. The molecule has 0 unspecified atom stereocenters. The van der Waals surface area contributed by atoms with Crippen molar-refractivity contribution in [3.05, 3.63) is 58.7 Å².